The number of carbonyl (C=O) groups excluding carboxylic acids is 10. The molecular formula is C74H108O20. The van der Waals surface area contributed by atoms with Crippen LogP contribution in [-0.2, 0) is 95.3 Å². The molecule has 524 valence electrons. The lowest BCUT2D eigenvalue weighted by molar-refractivity contribution is -0.181. The third-order valence-corrected chi connectivity index (χ3v) is 27.5. The van der Waals surface area contributed by atoms with Gasteiger partial charge >= 0.3 is 59.7 Å². The highest BCUT2D eigenvalue weighted by molar-refractivity contribution is 5.83. The van der Waals surface area contributed by atoms with Gasteiger partial charge in [0.05, 0.1) is 56.2 Å². The van der Waals surface area contributed by atoms with Crippen molar-refractivity contribution in [1.82, 2.24) is 0 Å². The van der Waals surface area contributed by atoms with Crippen LogP contribution in [0.4, 0.5) is 0 Å². The Labute approximate surface area is 555 Å². The molecule has 0 N–H and O–H groups in total. The third kappa shape index (κ3) is 11.3. The summed E-state index contributed by atoms with van der Waals surface area (Å²) in [6, 6.07) is 0. The van der Waals surface area contributed by atoms with E-state index in [0.717, 1.165) is 89.9 Å². The number of rotatable bonds is 15. The van der Waals surface area contributed by atoms with Crippen LogP contribution < -0.4 is 0 Å². The molecule has 10 bridgehead atoms. The molecular weight excluding hydrogens is 1210 g/mol. The zero-order valence-corrected chi connectivity index (χ0v) is 59.3. The maximum atomic E-state index is 12.3. The summed E-state index contributed by atoms with van der Waals surface area (Å²) in [5.74, 6) is 1.72. The Morgan fingerprint density at radius 1 is 0.415 bits per heavy atom. The minimum Gasteiger partial charge on any atom is -0.458 e. The molecule has 26 unspecified atom stereocenters. The molecule has 20 heteroatoms. The van der Waals surface area contributed by atoms with Crippen LogP contribution >= 0.6 is 0 Å². The SMILES string of the molecule is CCC(C)(C)C(=O)OC1C2CC3C(=O)OC1(C)C3C2.CCC(C)(C)C(=O)OC1C2CC3C(=O)OC1C3C2.CCC(C)(C)C(=O)OC1C2CC3C1OC(=O)C3(C)C2.CCC(C)(C)C(=O)OC1C2CC3C1OC(=O)C3C2C.CCC(C)(C)C(=O)OC1C2OC(=O)C3CC1(C)CC32. The summed E-state index contributed by atoms with van der Waals surface area (Å²) in [5.41, 5.74) is -3.31. The second-order valence-electron chi connectivity index (χ2n) is 35.1. The van der Waals surface area contributed by atoms with Gasteiger partial charge in [0.15, 0.2) is 0 Å². The van der Waals surface area contributed by atoms with Gasteiger partial charge < -0.3 is 47.4 Å². The predicted molar refractivity (Wildman–Crippen MR) is 336 cm³/mol. The van der Waals surface area contributed by atoms with Gasteiger partial charge in [0.2, 0.25) is 0 Å². The molecule has 0 radical (unpaired) electrons. The van der Waals surface area contributed by atoms with Crippen LogP contribution in [0.2, 0.25) is 0 Å². The van der Waals surface area contributed by atoms with Crippen molar-refractivity contribution in [3.05, 3.63) is 0 Å². The zero-order valence-electron chi connectivity index (χ0n) is 59.3. The van der Waals surface area contributed by atoms with Crippen LogP contribution in [0.3, 0.4) is 0 Å². The fourth-order valence-corrected chi connectivity index (χ4v) is 19.1. The lowest BCUT2D eigenvalue weighted by atomic mass is 9.75. The van der Waals surface area contributed by atoms with Gasteiger partial charge in [-0.25, -0.2) is 0 Å². The van der Waals surface area contributed by atoms with E-state index in [1.807, 2.05) is 118 Å². The number of carbonyl (C=O) groups is 10. The second-order valence-corrected chi connectivity index (χ2v) is 35.1. The zero-order chi connectivity index (χ0) is 69.0. The van der Waals surface area contributed by atoms with E-state index in [2.05, 4.69) is 13.8 Å². The van der Waals surface area contributed by atoms with Crippen molar-refractivity contribution in [2.24, 2.45) is 121 Å². The molecule has 15 rings (SSSR count). The molecule has 10 aliphatic carbocycles. The van der Waals surface area contributed by atoms with Crippen molar-refractivity contribution < 1.29 is 95.3 Å². The molecule has 0 spiro atoms. The third-order valence-electron chi connectivity index (χ3n) is 27.5. The van der Waals surface area contributed by atoms with E-state index >= 15 is 0 Å². The number of fused-ring (bicyclic) bond motifs is 5. The van der Waals surface area contributed by atoms with Gasteiger partial charge in [0.25, 0.3) is 0 Å². The molecule has 0 aromatic carbocycles. The molecule has 15 fully saturated rings. The lowest BCUT2D eigenvalue weighted by Gasteiger charge is -2.36. The van der Waals surface area contributed by atoms with E-state index in [4.69, 9.17) is 47.4 Å². The van der Waals surface area contributed by atoms with Crippen LogP contribution in [0.1, 0.15) is 221 Å². The smallest absolute Gasteiger partial charge is 0.312 e. The summed E-state index contributed by atoms with van der Waals surface area (Å²) in [6.07, 6.45) is 9.89. The van der Waals surface area contributed by atoms with Crippen LogP contribution in [0.5, 0.6) is 0 Å². The number of hydrogen-bond acceptors (Lipinski definition) is 20. The van der Waals surface area contributed by atoms with Crippen LogP contribution in [0.15, 0.2) is 0 Å². The maximum absolute atomic E-state index is 12.3. The standard InChI is InChI=1S/4C15H22O4.C14H20O4/c1-5-14(2,3)13(17)19-11-10-8-6-15(11,4)7-9(8)12(16)18-10;1-5-14(2,3)12(16)18-10-8-6-9-11(10)19-13(17)15(9,4)7-8;1-5-14(2,3)13(17)18-11-8-6-9-10(7-8)15(11,4)19-12(9)16;1-5-15(3,4)14(17)19-11-8-6-9-10(7(8)2)13(16)18-12(9)11;1-4-14(2,3)13(16)18-10-7-5-8-9(6-7)12(15)17-11(8)10/h3*8-11H,5-7H2,1-4H3;7-12H,5-6H2,1-4H3;7-11H,4-6H2,1-3H3. The first kappa shape index (κ1) is 70.0. The molecule has 5 saturated heterocycles. The molecule has 20 nitrogen and oxygen atoms in total. The van der Waals surface area contributed by atoms with Crippen molar-refractivity contribution in [2.45, 2.75) is 282 Å². The summed E-state index contributed by atoms with van der Waals surface area (Å²) in [7, 11) is 0. The first-order chi connectivity index (χ1) is 43.7. The molecule has 0 amide bonds. The molecule has 5 heterocycles. The highest BCUT2D eigenvalue weighted by Gasteiger charge is 2.73. The van der Waals surface area contributed by atoms with Crippen LogP contribution in [0, 0.1) is 121 Å². The summed E-state index contributed by atoms with van der Waals surface area (Å²) < 4.78 is 56.0. The monoisotopic (exact) mass is 1320 g/mol. The van der Waals surface area contributed by atoms with E-state index < -0.39 is 32.7 Å². The van der Waals surface area contributed by atoms with Crippen LogP contribution in [0.25, 0.3) is 0 Å². The maximum Gasteiger partial charge on any atom is 0.312 e. The molecule has 10 saturated carbocycles. The Bertz CT molecular complexity index is 3050. The van der Waals surface area contributed by atoms with E-state index in [-0.39, 0.29) is 179 Å². The van der Waals surface area contributed by atoms with E-state index in [0.29, 0.717) is 29.6 Å². The molecule has 5 aliphatic heterocycles. The van der Waals surface area contributed by atoms with Gasteiger partial charge in [-0.3, -0.25) is 47.9 Å². The average molecular weight is 1320 g/mol. The fraction of sp³-hybridized carbons (Fsp3) is 0.865. The quantitative estimate of drug-likeness (QED) is 0.109. The van der Waals surface area contributed by atoms with Crippen molar-refractivity contribution in [3.63, 3.8) is 0 Å². The first-order valence-corrected chi connectivity index (χ1v) is 35.8. The molecule has 15 aliphatic rings. The summed E-state index contributed by atoms with van der Waals surface area (Å²) in [4.78, 5) is 120. The highest BCUT2D eigenvalue weighted by Crippen LogP contribution is 2.65. The minimum absolute atomic E-state index is 0.0455. The Hall–Kier alpha value is -5.30. The van der Waals surface area contributed by atoms with E-state index in [9.17, 15) is 47.9 Å². The van der Waals surface area contributed by atoms with Gasteiger partial charge in [0.1, 0.15) is 60.5 Å². The lowest BCUT2D eigenvalue weighted by Crippen LogP contribution is -2.47. The minimum atomic E-state index is -0.579. The Morgan fingerprint density at radius 2 is 0.872 bits per heavy atom. The van der Waals surface area contributed by atoms with Crippen molar-refractivity contribution >= 4 is 59.7 Å². The topological polar surface area (TPSA) is 263 Å². The first-order valence-electron chi connectivity index (χ1n) is 35.8. The van der Waals surface area contributed by atoms with Crippen molar-refractivity contribution in [2.75, 3.05) is 0 Å². The Kier molecular flexibility index (Phi) is 17.9. The van der Waals surface area contributed by atoms with Crippen LogP contribution in [-0.4, -0.2) is 120 Å². The summed E-state index contributed by atoms with van der Waals surface area (Å²) in [6.45, 7) is 37.0. The van der Waals surface area contributed by atoms with E-state index in [1.54, 1.807) is 0 Å². The van der Waals surface area contributed by atoms with Crippen molar-refractivity contribution in [3.8, 4) is 0 Å². The Balaban J connectivity index is 0.000000120. The fourth-order valence-electron chi connectivity index (χ4n) is 19.1. The molecule has 0 aromatic heterocycles. The number of hydrogen-bond donors (Lipinski definition) is 0. The normalized spacial score (nSPS) is 43.0. The molecule has 94 heavy (non-hydrogen) atoms. The van der Waals surface area contributed by atoms with E-state index in [1.165, 1.54) is 0 Å². The number of esters is 10. The van der Waals surface area contributed by atoms with Gasteiger partial charge in [-0.05, 0) is 179 Å². The average Bonchev–Trinajstić information content (AvgIpc) is 1.57. The van der Waals surface area contributed by atoms with Crippen molar-refractivity contribution in [1.29, 1.82) is 0 Å². The second kappa shape index (κ2) is 24.0. The molecule has 0 aromatic rings. The van der Waals surface area contributed by atoms with Gasteiger partial charge in [-0.15, -0.1) is 0 Å². The highest BCUT2D eigenvalue weighted by atomic mass is 16.6. The Morgan fingerprint density at radius 3 is 1.43 bits per heavy atom. The van der Waals surface area contributed by atoms with Gasteiger partial charge in [-0.2, -0.15) is 0 Å². The van der Waals surface area contributed by atoms with Gasteiger partial charge in [0, 0.05) is 58.7 Å². The summed E-state index contributed by atoms with van der Waals surface area (Å²) >= 11 is 0. The number of ether oxygens (including phenoxy) is 10. The van der Waals surface area contributed by atoms with Gasteiger partial charge in [-0.1, -0.05) is 48.5 Å². The molecule has 26 atom stereocenters. The summed E-state index contributed by atoms with van der Waals surface area (Å²) in [5, 5.41) is 0. The predicted octanol–water partition coefficient (Wildman–Crippen LogP) is 11.0. The largest absolute Gasteiger partial charge is 0.458 e.